The van der Waals surface area contributed by atoms with Gasteiger partial charge in [-0.05, 0) is 0 Å². The minimum Gasteiger partial charge on any atom is -0.324 e. The fourth-order valence-corrected chi connectivity index (χ4v) is 3.96. The van der Waals surface area contributed by atoms with E-state index < -0.39 is 39.9 Å². The Hall–Kier alpha value is 0.190. The second kappa shape index (κ2) is 4.82. The van der Waals surface area contributed by atoms with Crippen molar-refractivity contribution in [2.45, 2.75) is 11.8 Å². The van der Waals surface area contributed by atoms with Crippen molar-refractivity contribution in [3.8, 4) is 0 Å². The van der Waals surface area contributed by atoms with Crippen LogP contribution in [-0.4, -0.2) is 34.8 Å². The third-order valence-electron chi connectivity index (χ3n) is 1.61. The molecular weight excluding hydrogens is 285 g/mol. The summed E-state index contributed by atoms with van der Waals surface area (Å²) in [6, 6.07) is 0. The van der Waals surface area contributed by atoms with E-state index in [4.69, 9.17) is 29.4 Å². The number of allylic oxidation sites excluding steroid dienone is 1. The van der Waals surface area contributed by atoms with Crippen LogP contribution in [0.15, 0.2) is 11.9 Å². The number of rotatable bonds is 5. The first-order valence-electron chi connectivity index (χ1n) is 3.60. The van der Waals surface area contributed by atoms with Gasteiger partial charge in [0.2, 0.25) is 0 Å². The van der Waals surface area contributed by atoms with E-state index >= 15 is 0 Å². The van der Waals surface area contributed by atoms with Gasteiger partial charge in [-0.15, -0.1) is 0 Å². The van der Waals surface area contributed by atoms with Crippen molar-refractivity contribution in [3.05, 3.63) is 11.9 Å². The van der Waals surface area contributed by atoms with Gasteiger partial charge in [-0.2, -0.15) is 0 Å². The molecule has 0 radical (unpaired) electrons. The molecule has 0 aromatic rings. The van der Waals surface area contributed by atoms with Gasteiger partial charge in [-0.25, -0.2) is 0 Å². The zero-order valence-electron chi connectivity index (χ0n) is 7.74. The average molecular weight is 296 g/mol. The van der Waals surface area contributed by atoms with Crippen LogP contribution in [0, 0.1) is 0 Å². The molecule has 0 aliphatic rings. The minimum atomic E-state index is -5.19. The lowest BCUT2D eigenvalue weighted by atomic mass is 10.5. The van der Waals surface area contributed by atoms with Crippen molar-refractivity contribution in [3.63, 3.8) is 0 Å². The molecule has 12 heteroatoms. The molecule has 0 heterocycles. The van der Waals surface area contributed by atoms with Crippen molar-refractivity contribution in [1.82, 2.24) is 0 Å². The highest BCUT2D eigenvalue weighted by Crippen LogP contribution is 2.64. The highest BCUT2D eigenvalue weighted by atomic mass is 31.2. The SMILES string of the molecule is C=C(CC(P(=O)(O)O)P(=O)(O)O)P(=O)(O)O. The Morgan fingerprint density at radius 2 is 1.25 bits per heavy atom. The van der Waals surface area contributed by atoms with Crippen LogP contribution in [0.1, 0.15) is 6.42 Å². The van der Waals surface area contributed by atoms with E-state index in [1.54, 1.807) is 0 Å². The van der Waals surface area contributed by atoms with Crippen LogP contribution in [0.4, 0.5) is 0 Å². The van der Waals surface area contributed by atoms with E-state index in [1.165, 1.54) is 0 Å². The van der Waals surface area contributed by atoms with Crippen LogP contribution in [0.3, 0.4) is 0 Å². The fourth-order valence-electron chi connectivity index (χ4n) is 0.763. The summed E-state index contributed by atoms with van der Waals surface area (Å²) in [5, 5.41) is -3.43. The molecule has 0 aliphatic carbocycles. The lowest BCUT2D eigenvalue weighted by Gasteiger charge is -2.20. The Labute approximate surface area is 90.3 Å². The smallest absolute Gasteiger partial charge is 0.324 e. The first-order chi connectivity index (χ1) is 6.76. The maximum atomic E-state index is 10.7. The summed E-state index contributed by atoms with van der Waals surface area (Å²) in [6.07, 6.45) is -1.15. The Morgan fingerprint density at radius 3 is 1.44 bits per heavy atom. The molecule has 0 unspecified atom stereocenters. The normalized spacial score (nSPS) is 14.2. The molecule has 0 bridgehead atoms. The van der Waals surface area contributed by atoms with E-state index in [9.17, 15) is 13.7 Å². The lowest BCUT2D eigenvalue weighted by Crippen LogP contribution is -2.10. The lowest BCUT2D eigenvalue weighted by molar-refractivity contribution is 0.337. The van der Waals surface area contributed by atoms with Gasteiger partial charge in [0, 0.05) is 11.7 Å². The van der Waals surface area contributed by atoms with E-state index in [2.05, 4.69) is 6.58 Å². The topological polar surface area (TPSA) is 173 Å². The standard InChI is InChI=1S/C4H11O9P3/c1-3(14(5,6)7)2-4(15(8,9)10)16(11,12)13/h4H,1-2H2,(H2,5,6,7)(H2,8,9,10)(H2,11,12,13). The predicted molar refractivity (Wildman–Crippen MR) is 53.7 cm³/mol. The molecule has 0 aromatic heterocycles. The monoisotopic (exact) mass is 296 g/mol. The molecule has 0 spiro atoms. The van der Waals surface area contributed by atoms with Crippen molar-refractivity contribution >= 4 is 22.8 Å². The van der Waals surface area contributed by atoms with Gasteiger partial charge in [-0.3, -0.25) is 13.7 Å². The highest BCUT2D eigenvalue weighted by Gasteiger charge is 2.45. The van der Waals surface area contributed by atoms with Crippen molar-refractivity contribution < 1.29 is 43.1 Å². The molecule has 0 aliphatic heterocycles. The van der Waals surface area contributed by atoms with Gasteiger partial charge in [0.05, 0.1) is 0 Å². The van der Waals surface area contributed by atoms with E-state index in [0.717, 1.165) is 0 Å². The van der Waals surface area contributed by atoms with Gasteiger partial charge in [-0.1, -0.05) is 6.58 Å². The molecule has 0 amide bonds. The number of hydrogen-bond donors (Lipinski definition) is 6. The zero-order valence-corrected chi connectivity index (χ0v) is 10.4. The van der Waals surface area contributed by atoms with Gasteiger partial charge in [0.15, 0.2) is 5.40 Å². The Bertz CT molecular complexity index is 386. The van der Waals surface area contributed by atoms with Crippen LogP contribution < -0.4 is 0 Å². The van der Waals surface area contributed by atoms with Gasteiger partial charge in [0.25, 0.3) is 0 Å². The van der Waals surface area contributed by atoms with Gasteiger partial charge >= 0.3 is 22.8 Å². The Kier molecular flexibility index (Phi) is 4.88. The summed E-state index contributed by atoms with van der Waals surface area (Å²) in [7, 11) is -15.2. The van der Waals surface area contributed by atoms with Crippen molar-refractivity contribution in [2.24, 2.45) is 0 Å². The Morgan fingerprint density at radius 1 is 0.938 bits per heavy atom. The van der Waals surface area contributed by atoms with Crippen molar-refractivity contribution in [2.75, 3.05) is 0 Å². The molecule has 16 heavy (non-hydrogen) atoms. The van der Waals surface area contributed by atoms with E-state index in [0.29, 0.717) is 0 Å². The summed E-state index contributed by atoms with van der Waals surface area (Å²) in [4.78, 5) is 51.8. The molecule has 96 valence electrons. The van der Waals surface area contributed by atoms with Crippen LogP contribution >= 0.6 is 22.8 Å². The maximum Gasteiger partial charge on any atom is 0.351 e. The van der Waals surface area contributed by atoms with Crippen LogP contribution in [0.5, 0.6) is 0 Å². The first kappa shape index (κ1) is 16.2. The number of hydrogen-bond acceptors (Lipinski definition) is 3. The van der Waals surface area contributed by atoms with Gasteiger partial charge < -0.3 is 29.4 Å². The summed E-state index contributed by atoms with van der Waals surface area (Å²) in [5.74, 6) is 0. The van der Waals surface area contributed by atoms with Crippen molar-refractivity contribution in [1.29, 1.82) is 0 Å². The third kappa shape index (κ3) is 5.01. The van der Waals surface area contributed by atoms with E-state index in [-0.39, 0.29) is 0 Å². The summed E-state index contributed by atoms with van der Waals surface area (Å²) >= 11 is 0. The second-order valence-corrected chi connectivity index (χ2v) is 8.70. The van der Waals surface area contributed by atoms with E-state index in [1.807, 2.05) is 0 Å². The zero-order chi connectivity index (χ0) is 13.4. The largest absolute Gasteiger partial charge is 0.351 e. The molecule has 0 rings (SSSR count). The molecule has 6 N–H and O–H groups in total. The second-order valence-electron chi connectivity index (χ2n) is 2.97. The van der Waals surface area contributed by atoms with Gasteiger partial charge in [0.1, 0.15) is 0 Å². The average Bonchev–Trinajstić information content (AvgIpc) is 1.92. The molecule has 0 atom stereocenters. The summed E-state index contributed by atoms with van der Waals surface area (Å²) in [6.45, 7) is 2.84. The van der Waals surface area contributed by atoms with Crippen LogP contribution in [0.2, 0.25) is 0 Å². The Balaban J connectivity index is 5.17. The minimum absolute atomic E-state index is 0.941. The molecule has 0 aromatic carbocycles. The first-order valence-corrected chi connectivity index (χ1v) is 8.58. The van der Waals surface area contributed by atoms with Crippen LogP contribution in [0.25, 0.3) is 0 Å². The third-order valence-corrected chi connectivity index (χ3v) is 6.34. The fraction of sp³-hybridized carbons (Fsp3) is 0.500. The summed E-state index contributed by atoms with van der Waals surface area (Å²) < 4.78 is 32.1. The molecule has 9 nitrogen and oxygen atoms in total. The molecule has 0 saturated carbocycles. The maximum absolute atomic E-state index is 10.7. The predicted octanol–water partition coefficient (Wildman–Crippen LogP) is -0.251. The molecule has 0 fully saturated rings. The summed E-state index contributed by atoms with van der Waals surface area (Å²) in [5.41, 5.74) is 0. The molecular formula is C4H11O9P3. The quantitative estimate of drug-likeness (QED) is 0.374. The molecule has 0 saturated heterocycles. The van der Waals surface area contributed by atoms with Crippen LogP contribution in [-0.2, 0) is 13.7 Å². The highest BCUT2D eigenvalue weighted by molar-refractivity contribution is 7.71.